The number of sulfonamides is 1. The van der Waals surface area contributed by atoms with Crippen LogP contribution in [0.1, 0.15) is 36.0 Å². The first-order valence-corrected chi connectivity index (χ1v) is 11.6. The van der Waals surface area contributed by atoms with E-state index in [2.05, 4.69) is 15.6 Å². The monoisotopic (exact) mass is 560 g/mol. The molecule has 1 fully saturated rings. The Balaban J connectivity index is 0.00000341. The molecule has 1 heterocycles. The normalized spacial score (nSPS) is 15.3. The molecule has 0 bridgehead atoms. The van der Waals surface area contributed by atoms with Crippen LogP contribution in [0.15, 0.2) is 52.4 Å². The summed E-state index contributed by atoms with van der Waals surface area (Å²) in [7, 11) is -1.80. The van der Waals surface area contributed by atoms with Gasteiger partial charge in [-0.15, -0.1) is 24.0 Å². The lowest BCUT2D eigenvalue weighted by Crippen LogP contribution is -2.36. The average molecular weight is 560 g/mol. The first kappa shape index (κ1) is 25.5. The fourth-order valence-corrected chi connectivity index (χ4v) is 5.00. The predicted octanol–water partition coefficient (Wildman–Crippen LogP) is 3.79. The maximum atomic E-state index is 13.7. The lowest BCUT2D eigenvalue weighted by Gasteiger charge is -2.26. The van der Waals surface area contributed by atoms with Crippen LogP contribution in [0.3, 0.4) is 0 Å². The summed E-state index contributed by atoms with van der Waals surface area (Å²) in [5.41, 5.74) is 2.27. The third kappa shape index (κ3) is 6.88. The van der Waals surface area contributed by atoms with Crippen LogP contribution in [0.2, 0.25) is 0 Å². The standard InChI is InChI=1S/C22H29FN4O2S.HI/c1-17-9-10-19(14-21(17)23)16-26-22(24-2)25-15-18-7-6-8-20(13-18)30(28,29)27-11-4-3-5-12-27;/h6-10,13-14H,3-5,11-12,15-16H2,1-2H3,(H2,24,25,26);1H. The maximum absolute atomic E-state index is 13.7. The topological polar surface area (TPSA) is 73.8 Å². The molecule has 9 heteroatoms. The summed E-state index contributed by atoms with van der Waals surface area (Å²) >= 11 is 0. The van der Waals surface area contributed by atoms with Crippen molar-refractivity contribution in [1.82, 2.24) is 14.9 Å². The second-order valence-corrected chi connectivity index (χ2v) is 9.41. The zero-order chi connectivity index (χ0) is 21.6. The van der Waals surface area contributed by atoms with Crippen LogP contribution in [-0.2, 0) is 23.1 Å². The number of aliphatic imine (C=N–C) groups is 1. The minimum absolute atomic E-state index is 0. The van der Waals surface area contributed by atoms with Crippen molar-refractivity contribution in [3.8, 4) is 0 Å². The molecule has 0 aliphatic carbocycles. The van der Waals surface area contributed by atoms with Gasteiger partial charge in [0.05, 0.1) is 4.90 Å². The molecule has 0 spiro atoms. The zero-order valence-corrected chi connectivity index (χ0v) is 21.0. The number of guanidine groups is 1. The first-order valence-electron chi connectivity index (χ1n) is 10.2. The van der Waals surface area contributed by atoms with E-state index in [9.17, 15) is 12.8 Å². The van der Waals surface area contributed by atoms with E-state index in [1.165, 1.54) is 6.07 Å². The Morgan fingerprint density at radius 1 is 1.03 bits per heavy atom. The van der Waals surface area contributed by atoms with Gasteiger partial charge in [-0.25, -0.2) is 12.8 Å². The summed E-state index contributed by atoms with van der Waals surface area (Å²) in [4.78, 5) is 4.50. The van der Waals surface area contributed by atoms with E-state index in [1.54, 1.807) is 42.5 Å². The fraction of sp³-hybridized carbons (Fsp3) is 0.409. The molecule has 2 N–H and O–H groups in total. The van der Waals surface area contributed by atoms with Crippen molar-refractivity contribution in [3.63, 3.8) is 0 Å². The van der Waals surface area contributed by atoms with Crippen molar-refractivity contribution in [3.05, 3.63) is 65.0 Å². The molecule has 0 amide bonds. The van der Waals surface area contributed by atoms with Crippen LogP contribution >= 0.6 is 24.0 Å². The largest absolute Gasteiger partial charge is 0.352 e. The van der Waals surface area contributed by atoms with Gasteiger partial charge in [0.1, 0.15) is 5.82 Å². The van der Waals surface area contributed by atoms with Gasteiger partial charge < -0.3 is 10.6 Å². The van der Waals surface area contributed by atoms with Gasteiger partial charge in [0.15, 0.2) is 5.96 Å². The van der Waals surface area contributed by atoms with Gasteiger partial charge in [-0.05, 0) is 54.7 Å². The Hall–Kier alpha value is -1.72. The van der Waals surface area contributed by atoms with Crippen LogP contribution in [0.5, 0.6) is 0 Å². The molecule has 6 nitrogen and oxygen atoms in total. The zero-order valence-electron chi connectivity index (χ0n) is 17.9. The number of piperidine rings is 1. The number of nitrogens with zero attached hydrogens (tertiary/aromatic N) is 2. The molecule has 2 aromatic carbocycles. The Morgan fingerprint density at radius 2 is 1.68 bits per heavy atom. The van der Waals surface area contributed by atoms with E-state index in [0.29, 0.717) is 42.6 Å². The Morgan fingerprint density at radius 3 is 2.29 bits per heavy atom. The molecule has 1 saturated heterocycles. The van der Waals surface area contributed by atoms with Crippen molar-refractivity contribution < 1.29 is 12.8 Å². The number of nitrogens with one attached hydrogen (secondary N) is 2. The highest BCUT2D eigenvalue weighted by molar-refractivity contribution is 14.0. The molecule has 1 aliphatic rings. The Labute approximate surface area is 201 Å². The molecule has 0 unspecified atom stereocenters. The lowest BCUT2D eigenvalue weighted by atomic mass is 10.1. The van der Waals surface area contributed by atoms with Crippen molar-refractivity contribution in [2.75, 3.05) is 20.1 Å². The number of rotatable bonds is 6. The van der Waals surface area contributed by atoms with E-state index in [0.717, 1.165) is 30.4 Å². The Kier molecular flexibility index (Phi) is 9.70. The second-order valence-electron chi connectivity index (χ2n) is 7.48. The van der Waals surface area contributed by atoms with Gasteiger partial charge in [0, 0.05) is 33.2 Å². The number of halogens is 2. The summed E-state index contributed by atoms with van der Waals surface area (Å²) in [6.07, 6.45) is 2.90. The van der Waals surface area contributed by atoms with Gasteiger partial charge in [-0.2, -0.15) is 4.31 Å². The summed E-state index contributed by atoms with van der Waals surface area (Å²) in [5.74, 6) is 0.323. The Bertz CT molecular complexity index is 1010. The quantitative estimate of drug-likeness (QED) is 0.321. The van der Waals surface area contributed by atoms with Crippen molar-refractivity contribution in [2.24, 2.45) is 4.99 Å². The predicted molar refractivity (Wildman–Crippen MR) is 133 cm³/mol. The maximum Gasteiger partial charge on any atom is 0.243 e. The van der Waals surface area contributed by atoms with Gasteiger partial charge in [-0.1, -0.05) is 30.7 Å². The summed E-state index contributed by atoms with van der Waals surface area (Å²) in [5, 5.41) is 6.32. The van der Waals surface area contributed by atoms with Gasteiger partial charge in [-0.3, -0.25) is 4.99 Å². The molecule has 170 valence electrons. The molecule has 2 aromatic rings. The highest BCUT2D eigenvalue weighted by Gasteiger charge is 2.25. The molecule has 0 aromatic heterocycles. The van der Waals surface area contributed by atoms with Crippen LogP contribution in [0, 0.1) is 12.7 Å². The van der Waals surface area contributed by atoms with Crippen molar-refractivity contribution >= 4 is 40.0 Å². The molecule has 0 atom stereocenters. The van der Waals surface area contributed by atoms with Crippen LogP contribution in [-0.4, -0.2) is 38.8 Å². The number of benzene rings is 2. The van der Waals surface area contributed by atoms with Crippen molar-refractivity contribution in [1.29, 1.82) is 0 Å². The summed E-state index contributed by atoms with van der Waals surface area (Å²) < 4.78 is 41.0. The summed E-state index contributed by atoms with van der Waals surface area (Å²) in [6, 6.07) is 12.1. The van der Waals surface area contributed by atoms with E-state index in [-0.39, 0.29) is 29.8 Å². The van der Waals surface area contributed by atoms with Gasteiger partial charge in [0.25, 0.3) is 0 Å². The smallest absolute Gasteiger partial charge is 0.243 e. The first-order chi connectivity index (χ1) is 14.4. The van der Waals surface area contributed by atoms with E-state index in [1.807, 2.05) is 12.1 Å². The molecule has 0 saturated carbocycles. The lowest BCUT2D eigenvalue weighted by molar-refractivity contribution is 0.346. The van der Waals surface area contributed by atoms with Crippen LogP contribution in [0.25, 0.3) is 0 Å². The third-order valence-electron chi connectivity index (χ3n) is 5.23. The minimum atomic E-state index is -3.46. The number of aryl methyl sites for hydroxylation is 1. The third-order valence-corrected chi connectivity index (χ3v) is 7.13. The highest BCUT2D eigenvalue weighted by Crippen LogP contribution is 2.21. The molecule has 31 heavy (non-hydrogen) atoms. The van der Waals surface area contributed by atoms with Gasteiger partial charge >= 0.3 is 0 Å². The molecule has 0 radical (unpaired) electrons. The minimum Gasteiger partial charge on any atom is -0.352 e. The van der Waals surface area contributed by atoms with E-state index < -0.39 is 10.0 Å². The number of hydrogen-bond donors (Lipinski definition) is 2. The molecule has 1 aliphatic heterocycles. The van der Waals surface area contributed by atoms with Crippen LogP contribution in [0.4, 0.5) is 4.39 Å². The molecular formula is C22H30FIN4O2S. The van der Waals surface area contributed by atoms with Crippen molar-refractivity contribution in [2.45, 2.75) is 44.2 Å². The highest BCUT2D eigenvalue weighted by atomic mass is 127. The van der Waals surface area contributed by atoms with E-state index >= 15 is 0 Å². The molecular weight excluding hydrogens is 530 g/mol. The fourth-order valence-electron chi connectivity index (χ4n) is 3.41. The summed E-state index contributed by atoms with van der Waals surface area (Å²) in [6.45, 7) is 3.75. The SMILES string of the molecule is CN=C(NCc1cccc(S(=O)(=O)N2CCCCC2)c1)NCc1ccc(C)c(F)c1.I. The average Bonchev–Trinajstić information content (AvgIpc) is 2.77. The number of hydrogen-bond acceptors (Lipinski definition) is 3. The van der Waals surface area contributed by atoms with Gasteiger partial charge in [0.2, 0.25) is 10.0 Å². The second kappa shape index (κ2) is 11.8. The van der Waals surface area contributed by atoms with Crippen LogP contribution < -0.4 is 10.6 Å². The van der Waals surface area contributed by atoms with E-state index in [4.69, 9.17) is 0 Å². The molecule has 3 rings (SSSR count).